The molecule has 0 spiro atoms. The summed E-state index contributed by atoms with van der Waals surface area (Å²) in [7, 11) is 0. The van der Waals surface area contributed by atoms with Crippen LogP contribution in [0.4, 0.5) is 0 Å². The van der Waals surface area contributed by atoms with Crippen molar-refractivity contribution >= 4 is 5.97 Å². The number of carbonyl (C=O) groups excluding carboxylic acids is 1. The lowest BCUT2D eigenvalue weighted by Gasteiger charge is -2.34. The van der Waals surface area contributed by atoms with Gasteiger partial charge in [0.25, 0.3) is 0 Å². The fraction of sp³-hybridized carbons (Fsp3) is 0.533. The summed E-state index contributed by atoms with van der Waals surface area (Å²) < 4.78 is 10.5. The van der Waals surface area contributed by atoms with Gasteiger partial charge in [0.05, 0.1) is 19.1 Å². The summed E-state index contributed by atoms with van der Waals surface area (Å²) in [4.78, 5) is 11.9. The van der Waals surface area contributed by atoms with Crippen LogP contribution in [0.5, 0.6) is 0 Å². The van der Waals surface area contributed by atoms with Crippen molar-refractivity contribution in [1.82, 2.24) is 0 Å². The summed E-state index contributed by atoms with van der Waals surface area (Å²) in [6, 6.07) is 9.36. The second kappa shape index (κ2) is 6.35. The molecule has 0 aromatic heterocycles. The number of ether oxygens (including phenoxy) is 2. The van der Waals surface area contributed by atoms with E-state index in [-0.39, 0.29) is 25.6 Å². The summed E-state index contributed by atoms with van der Waals surface area (Å²) in [5.74, 6) is -2.16. The maximum atomic E-state index is 11.9. The van der Waals surface area contributed by atoms with Crippen LogP contribution in [-0.2, 0) is 14.3 Å². The van der Waals surface area contributed by atoms with Crippen LogP contribution < -0.4 is 0 Å². The van der Waals surface area contributed by atoms with Crippen molar-refractivity contribution in [2.24, 2.45) is 0 Å². The van der Waals surface area contributed by atoms with Gasteiger partial charge in [-0.25, -0.2) is 0 Å². The van der Waals surface area contributed by atoms with Gasteiger partial charge in [-0.05, 0) is 18.9 Å². The molecule has 5 nitrogen and oxygen atoms in total. The Kier molecular flexibility index (Phi) is 4.75. The zero-order chi connectivity index (χ0) is 14.6. The molecule has 0 amide bonds. The minimum atomic E-state index is -1.62. The Morgan fingerprint density at radius 2 is 2.20 bits per heavy atom. The van der Waals surface area contributed by atoms with Gasteiger partial charge < -0.3 is 19.7 Å². The number of rotatable bonds is 4. The van der Waals surface area contributed by atoms with Crippen LogP contribution in [0.25, 0.3) is 0 Å². The average molecular weight is 280 g/mol. The lowest BCUT2D eigenvalue weighted by atomic mass is 10.00. The maximum absolute atomic E-state index is 11.9. The third-order valence-electron chi connectivity index (χ3n) is 3.37. The zero-order valence-electron chi connectivity index (χ0n) is 11.5. The van der Waals surface area contributed by atoms with Crippen molar-refractivity contribution in [2.75, 3.05) is 6.61 Å². The summed E-state index contributed by atoms with van der Waals surface area (Å²) in [5, 5.41) is 19.6. The van der Waals surface area contributed by atoms with E-state index >= 15 is 0 Å². The van der Waals surface area contributed by atoms with Crippen LogP contribution in [0.2, 0.25) is 0 Å². The molecule has 1 heterocycles. The van der Waals surface area contributed by atoms with Crippen molar-refractivity contribution < 1.29 is 24.5 Å². The lowest BCUT2D eigenvalue weighted by Crippen LogP contribution is -2.43. The molecule has 1 aromatic rings. The van der Waals surface area contributed by atoms with E-state index in [9.17, 15) is 15.0 Å². The molecule has 1 aromatic carbocycles. The van der Waals surface area contributed by atoms with Gasteiger partial charge in [-0.15, -0.1) is 0 Å². The number of benzene rings is 1. The molecule has 1 aliphatic heterocycles. The van der Waals surface area contributed by atoms with Crippen molar-refractivity contribution in [3.8, 4) is 0 Å². The first-order valence-electron chi connectivity index (χ1n) is 6.77. The monoisotopic (exact) mass is 280 g/mol. The van der Waals surface area contributed by atoms with Gasteiger partial charge in [0, 0.05) is 6.42 Å². The van der Waals surface area contributed by atoms with Gasteiger partial charge in [-0.1, -0.05) is 30.3 Å². The first-order chi connectivity index (χ1) is 9.48. The van der Waals surface area contributed by atoms with E-state index in [1.165, 1.54) is 0 Å². The zero-order valence-corrected chi connectivity index (χ0v) is 11.5. The van der Waals surface area contributed by atoms with E-state index < -0.39 is 17.9 Å². The lowest BCUT2D eigenvalue weighted by molar-refractivity contribution is -0.249. The van der Waals surface area contributed by atoms with Crippen LogP contribution in [0, 0.1) is 0 Å². The minimum absolute atomic E-state index is 0.0296. The SMILES string of the molecule is CC(OC(=O)CC1(O)CC(O)CCO1)c1ccccc1. The number of esters is 1. The topological polar surface area (TPSA) is 76.0 Å². The smallest absolute Gasteiger partial charge is 0.311 e. The van der Waals surface area contributed by atoms with Gasteiger partial charge >= 0.3 is 5.97 Å². The molecule has 110 valence electrons. The van der Waals surface area contributed by atoms with E-state index in [0.29, 0.717) is 6.42 Å². The highest BCUT2D eigenvalue weighted by Gasteiger charge is 2.37. The number of hydrogen-bond donors (Lipinski definition) is 2. The van der Waals surface area contributed by atoms with Gasteiger partial charge in [-0.2, -0.15) is 0 Å². The minimum Gasteiger partial charge on any atom is -0.458 e. The molecule has 0 bridgehead atoms. The number of hydrogen-bond acceptors (Lipinski definition) is 5. The standard InChI is InChI=1S/C15H20O5/c1-11(12-5-3-2-4-6-12)20-14(17)10-15(18)9-13(16)7-8-19-15/h2-6,11,13,16,18H,7-10H2,1H3. The van der Waals surface area contributed by atoms with Crippen LogP contribution in [0.3, 0.4) is 0 Å². The van der Waals surface area contributed by atoms with E-state index in [1.807, 2.05) is 30.3 Å². The highest BCUT2D eigenvalue weighted by atomic mass is 16.6. The predicted molar refractivity (Wildman–Crippen MR) is 71.7 cm³/mol. The molecule has 2 rings (SSSR count). The van der Waals surface area contributed by atoms with Gasteiger partial charge in [0.1, 0.15) is 6.10 Å². The molecule has 3 unspecified atom stereocenters. The molecule has 5 heteroatoms. The van der Waals surface area contributed by atoms with Crippen LogP contribution >= 0.6 is 0 Å². The number of aliphatic hydroxyl groups is 2. The molecule has 0 saturated carbocycles. The third-order valence-corrected chi connectivity index (χ3v) is 3.37. The Labute approximate surface area is 118 Å². The Morgan fingerprint density at radius 1 is 1.50 bits per heavy atom. The second-order valence-electron chi connectivity index (χ2n) is 5.16. The van der Waals surface area contributed by atoms with E-state index in [0.717, 1.165) is 5.56 Å². The van der Waals surface area contributed by atoms with Crippen molar-refractivity contribution in [2.45, 2.75) is 44.2 Å². The van der Waals surface area contributed by atoms with E-state index in [1.54, 1.807) is 6.92 Å². The average Bonchev–Trinajstić information content (AvgIpc) is 2.38. The normalized spacial score (nSPS) is 27.9. The Balaban J connectivity index is 1.89. The van der Waals surface area contributed by atoms with Crippen LogP contribution in [0.15, 0.2) is 30.3 Å². The summed E-state index contributed by atoms with van der Waals surface area (Å²) in [5.41, 5.74) is 0.887. The van der Waals surface area contributed by atoms with Gasteiger partial charge in [0.2, 0.25) is 0 Å². The van der Waals surface area contributed by atoms with Crippen molar-refractivity contribution in [3.05, 3.63) is 35.9 Å². The molecule has 2 N–H and O–H groups in total. The molecule has 1 fully saturated rings. The summed E-state index contributed by atoms with van der Waals surface area (Å²) in [6.07, 6.45) is -0.810. The van der Waals surface area contributed by atoms with E-state index in [2.05, 4.69) is 0 Å². The molecule has 20 heavy (non-hydrogen) atoms. The molecular weight excluding hydrogens is 260 g/mol. The van der Waals surface area contributed by atoms with Crippen molar-refractivity contribution in [3.63, 3.8) is 0 Å². The Morgan fingerprint density at radius 3 is 2.85 bits per heavy atom. The third kappa shape index (κ3) is 4.03. The Bertz CT molecular complexity index is 447. The molecular formula is C15H20O5. The molecule has 1 aliphatic rings. The number of aliphatic hydroxyl groups excluding tert-OH is 1. The summed E-state index contributed by atoms with van der Waals surface area (Å²) in [6.45, 7) is 2.01. The van der Waals surface area contributed by atoms with E-state index in [4.69, 9.17) is 9.47 Å². The van der Waals surface area contributed by atoms with Gasteiger partial charge in [0.15, 0.2) is 5.79 Å². The first kappa shape index (κ1) is 15.0. The van der Waals surface area contributed by atoms with Crippen LogP contribution in [-0.4, -0.2) is 34.7 Å². The largest absolute Gasteiger partial charge is 0.458 e. The fourth-order valence-corrected chi connectivity index (χ4v) is 2.29. The fourth-order valence-electron chi connectivity index (χ4n) is 2.29. The molecule has 3 atom stereocenters. The highest BCUT2D eigenvalue weighted by Crippen LogP contribution is 2.27. The molecule has 0 aliphatic carbocycles. The first-order valence-corrected chi connectivity index (χ1v) is 6.77. The summed E-state index contributed by atoms with van der Waals surface area (Å²) >= 11 is 0. The molecule has 0 radical (unpaired) electrons. The maximum Gasteiger partial charge on any atom is 0.311 e. The second-order valence-corrected chi connectivity index (χ2v) is 5.16. The quantitative estimate of drug-likeness (QED) is 0.818. The van der Waals surface area contributed by atoms with Crippen LogP contribution in [0.1, 0.15) is 37.9 Å². The van der Waals surface area contributed by atoms with Gasteiger partial charge in [-0.3, -0.25) is 4.79 Å². The highest BCUT2D eigenvalue weighted by molar-refractivity contribution is 5.70. The Hall–Kier alpha value is -1.43. The predicted octanol–water partition coefficient (Wildman–Crippen LogP) is 1.54. The molecule has 1 saturated heterocycles. The van der Waals surface area contributed by atoms with Crippen molar-refractivity contribution in [1.29, 1.82) is 0 Å². The number of carbonyl (C=O) groups is 1.